The van der Waals surface area contributed by atoms with Crippen molar-refractivity contribution >= 4 is 35.5 Å². The Hall–Kier alpha value is -5.19. The lowest BCUT2D eigenvalue weighted by Gasteiger charge is -2.13. The topological polar surface area (TPSA) is 146 Å². The van der Waals surface area contributed by atoms with Gasteiger partial charge in [-0.2, -0.15) is 5.10 Å². The number of non-ortho nitro benzene ring substituents is 1. The minimum atomic E-state index is -0.753. The Morgan fingerprint density at radius 1 is 1.11 bits per heavy atom. The zero-order valence-electron chi connectivity index (χ0n) is 21.0. The standard InChI is InChI=1S/C27H27N5O6/c1-4-38-24-16-22(32(36)37)15-20(25(24)33)17-28-30-27(35)23(29-26(34)19-8-6-5-7-9-19)14-18-10-12-21(13-11-18)31(2)3/h5-17,33H,4H2,1-3H3,(H,29,34)(H,30,35)/b23-14-,28-17-. The first kappa shape index (κ1) is 27.4. The number of rotatable bonds is 10. The zero-order chi connectivity index (χ0) is 27.7. The van der Waals surface area contributed by atoms with E-state index in [4.69, 9.17) is 4.74 Å². The van der Waals surface area contributed by atoms with Crippen LogP contribution in [0.15, 0.2) is 77.5 Å². The molecule has 11 heteroatoms. The minimum absolute atomic E-state index is 0.0407. The molecule has 0 aliphatic heterocycles. The molecule has 196 valence electrons. The van der Waals surface area contributed by atoms with E-state index >= 15 is 0 Å². The summed E-state index contributed by atoms with van der Waals surface area (Å²) < 4.78 is 5.25. The Bertz CT molecular complexity index is 1370. The molecular weight excluding hydrogens is 490 g/mol. The molecule has 0 bridgehead atoms. The lowest BCUT2D eigenvalue weighted by Crippen LogP contribution is -2.32. The van der Waals surface area contributed by atoms with Crippen LogP contribution < -0.4 is 20.4 Å². The Labute approximate surface area is 219 Å². The molecule has 0 saturated carbocycles. The third-order valence-corrected chi connectivity index (χ3v) is 5.22. The Balaban J connectivity index is 1.88. The number of amides is 2. The summed E-state index contributed by atoms with van der Waals surface area (Å²) in [4.78, 5) is 38.3. The molecule has 2 amide bonds. The van der Waals surface area contributed by atoms with Crippen molar-refractivity contribution in [2.24, 2.45) is 5.10 Å². The molecule has 3 aromatic carbocycles. The summed E-state index contributed by atoms with van der Waals surface area (Å²) in [5.74, 6) is -1.72. The van der Waals surface area contributed by atoms with Gasteiger partial charge in [-0.15, -0.1) is 0 Å². The number of carbonyl (C=O) groups is 2. The van der Waals surface area contributed by atoms with E-state index in [9.17, 15) is 24.8 Å². The molecule has 0 atom stereocenters. The van der Waals surface area contributed by atoms with Crippen LogP contribution in [0.4, 0.5) is 11.4 Å². The number of aromatic hydroxyl groups is 1. The van der Waals surface area contributed by atoms with Crippen molar-refractivity contribution in [1.82, 2.24) is 10.7 Å². The number of nitrogens with one attached hydrogen (secondary N) is 2. The van der Waals surface area contributed by atoms with Crippen LogP contribution in [-0.2, 0) is 4.79 Å². The fraction of sp³-hybridized carbons (Fsp3) is 0.148. The third kappa shape index (κ3) is 7.17. The first-order valence-corrected chi connectivity index (χ1v) is 11.5. The van der Waals surface area contributed by atoms with Gasteiger partial charge in [-0.1, -0.05) is 30.3 Å². The fourth-order valence-corrected chi connectivity index (χ4v) is 3.28. The molecule has 0 aromatic heterocycles. The quantitative estimate of drug-likeness (QED) is 0.161. The van der Waals surface area contributed by atoms with Crippen molar-refractivity contribution in [3.63, 3.8) is 0 Å². The molecule has 0 heterocycles. The number of phenolic OH excluding ortho intramolecular Hbond substituents is 1. The van der Waals surface area contributed by atoms with E-state index in [-0.39, 0.29) is 35.1 Å². The molecule has 0 aliphatic rings. The number of nitrogens with zero attached hydrogens (tertiary/aromatic N) is 3. The molecule has 0 radical (unpaired) electrons. The van der Waals surface area contributed by atoms with Crippen LogP contribution >= 0.6 is 0 Å². The van der Waals surface area contributed by atoms with Crippen molar-refractivity contribution in [3.8, 4) is 11.5 Å². The van der Waals surface area contributed by atoms with E-state index in [1.54, 1.807) is 49.4 Å². The van der Waals surface area contributed by atoms with Gasteiger partial charge >= 0.3 is 0 Å². The second-order valence-corrected chi connectivity index (χ2v) is 8.14. The summed E-state index contributed by atoms with van der Waals surface area (Å²) in [6, 6.07) is 17.9. The maximum absolute atomic E-state index is 13.0. The molecule has 0 fully saturated rings. The highest BCUT2D eigenvalue weighted by Crippen LogP contribution is 2.33. The van der Waals surface area contributed by atoms with Crippen molar-refractivity contribution in [3.05, 3.63) is 99.2 Å². The van der Waals surface area contributed by atoms with Gasteiger partial charge in [-0.3, -0.25) is 19.7 Å². The monoisotopic (exact) mass is 517 g/mol. The van der Waals surface area contributed by atoms with Gasteiger partial charge < -0.3 is 20.1 Å². The SMILES string of the molecule is CCOc1cc([N+](=O)[O-])cc(/C=N\NC(=O)/C(=C/c2ccc(N(C)C)cc2)NC(=O)c2ccccc2)c1O. The predicted molar refractivity (Wildman–Crippen MR) is 144 cm³/mol. The highest BCUT2D eigenvalue weighted by atomic mass is 16.6. The van der Waals surface area contributed by atoms with Crippen LogP contribution in [0, 0.1) is 10.1 Å². The lowest BCUT2D eigenvalue weighted by atomic mass is 10.1. The van der Waals surface area contributed by atoms with Gasteiger partial charge in [0.05, 0.1) is 23.8 Å². The number of ether oxygens (including phenoxy) is 1. The van der Waals surface area contributed by atoms with Crippen molar-refractivity contribution in [1.29, 1.82) is 0 Å². The predicted octanol–water partition coefficient (Wildman–Crippen LogP) is 3.69. The Morgan fingerprint density at radius 3 is 2.39 bits per heavy atom. The van der Waals surface area contributed by atoms with E-state index in [2.05, 4.69) is 15.8 Å². The van der Waals surface area contributed by atoms with Gasteiger partial charge in [0.1, 0.15) is 5.70 Å². The van der Waals surface area contributed by atoms with Crippen molar-refractivity contribution in [2.45, 2.75) is 6.92 Å². The highest BCUT2D eigenvalue weighted by molar-refractivity contribution is 6.05. The van der Waals surface area contributed by atoms with Crippen LogP contribution in [-0.4, -0.2) is 48.8 Å². The maximum Gasteiger partial charge on any atom is 0.287 e. The van der Waals surface area contributed by atoms with E-state index < -0.39 is 16.7 Å². The van der Waals surface area contributed by atoms with Crippen LogP contribution in [0.3, 0.4) is 0 Å². The lowest BCUT2D eigenvalue weighted by molar-refractivity contribution is -0.385. The molecule has 3 rings (SSSR count). The first-order valence-electron chi connectivity index (χ1n) is 11.5. The number of nitro benzene ring substituents is 1. The second-order valence-electron chi connectivity index (χ2n) is 8.14. The van der Waals surface area contributed by atoms with Gasteiger partial charge in [-0.05, 0) is 42.8 Å². The number of hydrazone groups is 1. The summed E-state index contributed by atoms with van der Waals surface area (Å²) in [6.07, 6.45) is 2.54. The fourth-order valence-electron chi connectivity index (χ4n) is 3.28. The number of hydrogen-bond acceptors (Lipinski definition) is 8. The molecule has 3 aromatic rings. The van der Waals surface area contributed by atoms with Gasteiger partial charge in [0.25, 0.3) is 17.5 Å². The number of phenols is 1. The van der Waals surface area contributed by atoms with Crippen molar-refractivity contribution in [2.75, 3.05) is 25.6 Å². The van der Waals surface area contributed by atoms with Crippen LogP contribution in [0.25, 0.3) is 6.08 Å². The number of benzene rings is 3. The number of carbonyl (C=O) groups excluding carboxylic acids is 2. The molecular formula is C27H27N5O6. The highest BCUT2D eigenvalue weighted by Gasteiger charge is 2.17. The van der Waals surface area contributed by atoms with E-state index in [0.717, 1.165) is 24.0 Å². The summed E-state index contributed by atoms with van der Waals surface area (Å²) >= 11 is 0. The largest absolute Gasteiger partial charge is 0.504 e. The normalized spacial score (nSPS) is 11.2. The number of hydrogen-bond donors (Lipinski definition) is 3. The number of nitro groups is 1. The molecule has 0 aliphatic carbocycles. The first-order chi connectivity index (χ1) is 18.2. The average molecular weight is 518 g/mol. The molecule has 0 saturated heterocycles. The van der Waals surface area contributed by atoms with Gasteiger partial charge in [0, 0.05) is 37.0 Å². The molecule has 11 nitrogen and oxygen atoms in total. The molecule has 0 spiro atoms. The van der Waals surface area contributed by atoms with E-state index in [1.807, 2.05) is 31.1 Å². The van der Waals surface area contributed by atoms with Crippen LogP contribution in [0.5, 0.6) is 11.5 Å². The summed E-state index contributed by atoms with van der Waals surface area (Å²) in [7, 11) is 3.80. The van der Waals surface area contributed by atoms with Crippen molar-refractivity contribution < 1.29 is 24.4 Å². The minimum Gasteiger partial charge on any atom is -0.504 e. The van der Waals surface area contributed by atoms with Gasteiger partial charge in [0.15, 0.2) is 11.5 Å². The third-order valence-electron chi connectivity index (χ3n) is 5.22. The molecule has 38 heavy (non-hydrogen) atoms. The smallest absolute Gasteiger partial charge is 0.287 e. The summed E-state index contributed by atoms with van der Waals surface area (Å²) in [5.41, 5.74) is 3.78. The van der Waals surface area contributed by atoms with Gasteiger partial charge in [0.2, 0.25) is 0 Å². The average Bonchev–Trinajstić information content (AvgIpc) is 2.90. The van der Waals surface area contributed by atoms with Crippen LogP contribution in [0.1, 0.15) is 28.4 Å². The van der Waals surface area contributed by atoms with E-state index in [1.165, 1.54) is 6.08 Å². The Morgan fingerprint density at radius 2 is 1.79 bits per heavy atom. The summed E-state index contributed by atoms with van der Waals surface area (Å²) in [5, 5.41) is 28.0. The maximum atomic E-state index is 13.0. The zero-order valence-corrected chi connectivity index (χ0v) is 21.0. The van der Waals surface area contributed by atoms with Gasteiger partial charge in [-0.25, -0.2) is 5.43 Å². The summed E-state index contributed by atoms with van der Waals surface area (Å²) in [6.45, 7) is 1.84. The van der Waals surface area contributed by atoms with Crippen LogP contribution in [0.2, 0.25) is 0 Å². The molecule has 0 unspecified atom stereocenters. The number of anilines is 1. The molecule has 3 N–H and O–H groups in total. The second kappa shape index (κ2) is 12.7. The Kier molecular flexibility index (Phi) is 9.14. The van der Waals surface area contributed by atoms with E-state index in [0.29, 0.717) is 11.1 Å².